The number of rotatable bonds is 5. The lowest BCUT2D eigenvalue weighted by molar-refractivity contribution is 0.112. The Morgan fingerprint density at radius 1 is 1.00 bits per heavy atom. The maximum absolute atomic E-state index is 11.1. The van der Waals surface area contributed by atoms with E-state index in [1.807, 2.05) is 19.9 Å². The minimum Gasteiger partial charge on any atom is -0.497 e. The van der Waals surface area contributed by atoms with Gasteiger partial charge in [0, 0.05) is 11.6 Å². The molecule has 20 heavy (non-hydrogen) atoms. The van der Waals surface area contributed by atoms with E-state index in [4.69, 9.17) is 14.2 Å². The lowest BCUT2D eigenvalue weighted by atomic mass is 10.0. The minimum atomic E-state index is 0.00640. The zero-order valence-electron chi connectivity index (χ0n) is 12.1. The molecule has 0 amide bonds. The molecule has 2 aromatic rings. The van der Waals surface area contributed by atoms with Gasteiger partial charge in [-0.15, -0.1) is 0 Å². The third-order valence-electron chi connectivity index (χ3n) is 2.93. The third-order valence-corrected chi connectivity index (χ3v) is 2.93. The summed E-state index contributed by atoms with van der Waals surface area (Å²) in [4.78, 5) is 11.1. The molecule has 0 unspecified atom stereocenters. The molecule has 2 aromatic carbocycles. The predicted octanol–water partition coefficient (Wildman–Crippen LogP) is 3.46. The summed E-state index contributed by atoms with van der Waals surface area (Å²) < 4.78 is 16.5. The minimum absolute atomic E-state index is 0.00640. The van der Waals surface area contributed by atoms with Gasteiger partial charge in [-0.3, -0.25) is 4.79 Å². The lowest BCUT2D eigenvalue weighted by Gasteiger charge is -2.16. The molecule has 0 heterocycles. The van der Waals surface area contributed by atoms with Gasteiger partial charge in [0.2, 0.25) is 0 Å². The molecule has 106 valence electrons. The average molecular weight is 274 g/mol. The summed E-state index contributed by atoms with van der Waals surface area (Å²) >= 11 is 0. The molecule has 0 N–H and O–H groups in total. The molecular weight excluding hydrogens is 256 g/mol. The van der Waals surface area contributed by atoms with Crippen LogP contribution in [-0.2, 0) is 0 Å². The van der Waals surface area contributed by atoms with Gasteiger partial charge in [-0.2, -0.15) is 0 Å². The first-order valence-corrected chi connectivity index (χ1v) is 6.40. The summed E-state index contributed by atoms with van der Waals surface area (Å²) in [5.41, 5.74) is 0.559. The molecule has 0 radical (unpaired) electrons. The second-order valence-electron chi connectivity index (χ2n) is 4.73. The Balaban J connectivity index is 2.77. The van der Waals surface area contributed by atoms with E-state index in [2.05, 4.69) is 0 Å². The van der Waals surface area contributed by atoms with Crippen molar-refractivity contribution in [3.05, 3.63) is 29.8 Å². The number of aldehydes is 1. The molecule has 2 rings (SSSR count). The average Bonchev–Trinajstić information content (AvgIpc) is 2.44. The van der Waals surface area contributed by atoms with E-state index >= 15 is 0 Å². The van der Waals surface area contributed by atoms with Crippen LogP contribution in [0.4, 0.5) is 0 Å². The molecule has 0 aromatic heterocycles. The molecule has 0 spiro atoms. The Labute approximate surface area is 118 Å². The third kappa shape index (κ3) is 2.69. The van der Waals surface area contributed by atoms with E-state index in [9.17, 15) is 4.79 Å². The van der Waals surface area contributed by atoms with Crippen molar-refractivity contribution in [2.75, 3.05) is 14.2 Å². The fraction of sp³-hybridized carbons (Fsp3) is 0.312. The normalized spacial score (nSPS) is 10.7. The molecule has 4 heteroatoms. The standard InChI is InChI=1S/C16H18O4/c1-10(2)20-15-6-11(9-17)5-12-7-13(18-3)8-14(19-4)16(12)15/h5-10H,1-4H3. The van der Waals surface area contributed by atoms with Crippen LogP contribution in [0.2, 0.25) is 0 Å². The molecule has 0 fully saturated rings. The van der Waals surface area contributed by atoms with Crippen LogP contribution in [0.1, 0.15) is 24.2 Å². The van der Waals surface area contributed by atoms with Crippen LogP contribution in [0.3, 0.4) is 0 Å². The van der Waals surface area contributed by atoms with Crippen molar-refractivity contribution in [1.29, 1.82) is 0 Å². The van der Waals surface area contributed by atoms with E-state index in [1.54, 1.807) is 32.4 Å². The van der Waals surface area contributed by atoms with Crippen molar-refractivity contribution in [3.8, 4) is 17.2 Å². The van der Waals surface area contributed by atoms with Crippen molar-refractivity contribution >= 4 is 17.1 Å². The summed E-state index contributed by atoms with van der Waals surface area (Å²) in [6, 6.07) is 7.18. The Bertz CT molecular complexity index is 632. The highest BCUT2D eigenvalue weighted by molar-refractivity contribution is 5.98. The summed E-state index contributed by atoms with van der Waals surface area (Å²) in [5, 5.41) is 1.69. The van der Waals surface area contributed by atoms with Gasteiger partial charge in [-0.25, -0.2) is 0 Å². The van der Waals surface area contributed by atoms with Gasteiger partial charge in [0.1, 0.15) is 23.5 Å². The van der Waals surface area contributed by atoms with Crippen molar-refractivity contribution in [2.24, 2.45) is 0 Å². The number of fused-ring (bicyclic) bond motifs is 1. The highest BCUT2D eigenvalue weighted by Crippen LogP contribution is 2.38. The Hall–Kier alpha value is -2.23. The molecule has 0 aliphatic heterocycles. The molecule has 0 aliphatic carbocycles. The SMILES string of the molecule is COc1cc(OC)c2c(OC(C)C)cc(C=O)cc2c1. The zero-order chi connectivity index (χ0) is 14.7. The number of hydrogen-bond donors (Lipinski definition) is 0. The molecular formula is C16H18O4. The first kappa shape index (κ1) is 14.2. The van der Waals surface area contributed by atoms with Gasteiger partial charge in [-0.1, -0.05) is 0 Å². The first-order valence-electron chi connectivity index (χ1n) is 6.40. The fourth-order valence-electron chi connectivity index (χ4n) is 2.13. The largest absolute Gasteiger partial charge is 0.497 e. The fourth-order valence-corrected chi connectivity index (χ4v) is 2.13. The second-order valence-corrected chi connectivity index (χ2v) is 4.73. The Morgan fingerprint density at radius 3 is 2.30 bits per heavy atom. The van der Waals surface area contributed by atoms with Crippen molar-refractivity contribution in [2.45, 2.75) is 20.0 Å². The highest BCUT2D eigenvalue weighted by atomic mass is 16.5. The van der Waals surface area contributed by atoms with Gasteiger partial charge in [-0.05, 0) is 37.4 Å². The summed E-state index contributed by atoms with van der Waals surface area (Å²) in [7, 11) is 3.19. The van der Waals surface area contributed by atoms with Gasteiger partial charge in [0.25, 0.3) is 0 Å². The Kier molecular flexibility index (Phi) is 4.13. The molecule has 4 nitrogen and oxygen atoms in total. The van der Waals surface area contributed by atoms with Crippen LogP contribution in [0.15, 0.2) is 24.3 Å². The monoisotopic (exact) mass is 274 g/mol. The zero-order valence-corrected chi connectivity index (χ0v) is 12.1. The number of ether oxygens (including phenoxy) is 3. The van der Waals surface area contributed by atoms with Crippen LogP contribution in [0.25, 0.3) is 10.8 Å². The topological polar surface area (TPSA) is 44.8 Å². The molecule has 0 bridgehead atoms. The van der Waals surface area contributed by atoms with Gasteiger partial charge in [0.05, 0.1) is 25.7 Å². The van der Waals surface area contributed by atoms with Crippen molar-refractivity contribution < 1.29 is 19.0 Å². The molecule has 0 saturated heterocycles. The quantitative estimate of drug-likeness (QED) is 0.783. The number of carbonyl (C=O) groups excluding carboxylic acids is 1. The number of carbonyl (C=O) groups is 1. The van der Waals surface area contributed by atoms with Crippen LogP contribution in [-0.4, -0.2) is 26.6 Å². The Morgan fingerprint density at radius 2 is 1.75 bits per heavy atom. The van der Waals surface area contributed by atoms with Gasteiger partial charge >= 0.3 is 0 Å². The molecule has 0 saturated carbocycles. The van der Waals surface area contributed by atoms with E-state index in [-0.39, 0.29) is 6.10 Å². The van der Waals surface area contributed by atoms with Crippen LogP contribution in [0, 0.1) is 0 Å². The summed E-state index contributed by atoms with van der Waals surface area (Å²) in [6.45, 7) is 3.88. The number of hydrogen-bond acceptors (Lipinski definition) is 4. The maximum Gasteiger partial charge on any atom is 0.150 e. The molecule has 0 atom stereocenters. The van der Waals surface area contributed by atoms with Gasteiger partial charge in [0.15, 0.2) is 0 Å². The van der Waals surface area contributed by atoms with E-state index in [0.29, 0.717) is 22.8 Å². The predicted molar refractivity (Wildman–Crippen MR) is 78.2 cm³/mol. The van der Waals surface area contributed by atoms with E-state index in [0.717, 1.165) is 17.1 Å². The van der Waals surface area contributed by atoms with Crippen LogP contribution in [0.5, 0.6) is 17.2 Å². The van der Waals surface area contributed by atoms with E-state index in [1.165, 1.54) is 0 Å². The smallest absolute Gasteiger partial charge is 0.150 e. The number of methoxy groups -OCH3 is 2. The molecule has 0 aliphatic rings. The lowest BCUT2D eigenvalue weighted by Crippen LogP contribution is -2.06. The van der Waals surface area contributed by atoms with E-state index < -0.39 is 0 Å². The van der Waals surface area contributed by atoms with Crippen molar-refractivity contribution in [1.82, 2.24) is 0 Å². The van der Waals surface area contributed by atoms with Crippen LogP contribution < -0.4 is 14.2 Å². The number of benzene rings is 2. The van der Waals surface area contributed by atoms with Gasteiger partial charge < -0.3 is 14.2 Å². The van der Waals surface area contributed by atoms with Crippen LogP contribution >= 0.6 is 0 Å². The second kappa shape index (κ2) is 5.82. The van der Waals surface area contributed by atoms with Crippen molar-refractivity contribution in [3.63, 3.8) is 0 Å². The summed E-state index contributed by atoms with van der Waals surface area (Å²) in [6.07, 6.45) is 0.811. The summed E-state index contributed by atoms with van der Waals surface area (Å²) in [5.74, 6) is 1.97. The first-order chi connectivity index (χ1) is 9.58. The highest BCUT2D eigenvalue weighted by Gasteiger charge is 2.13. The maximum atomic E-state index is 11.1.